The van der Waals surface area contributed by atoms with Crippen molar-refractivity contribution in [3.05, 3.63) is 29.6 Å². The lowest BCUT2D eigenvalue weighted by molar-refractivity contribution is 0.385. The van der Waals surface area contributed by atoms with Gasteiger partial charge in [0.25, 0.3) is 0 Å². The van der Waals surface area contributed by atoms with Crippen LogP contribution in [0.15, 0.2) is 18.2 Å². The smallest absolute Gasteiger partial charge is 0.232 e. The Hall–Kier alpha value is -2.68. The largest absolute Gasteiger partial charge is 0.494 e. The third-order valence-electron chi connectivity index (χ3n) is 7.04. The highest BCUT2D eigenvalue weighted by molar-refractivity contribution is 5.45. The van der Waals surface area contributed by atoms with Gasteiger partial charge in [0, 0.05) is 24.7 Å². The number of benzene rings is 1. The number of aromatic nitrogens is 3. The Balaban J connectivity index is 1.64. The van der Waals surface area contributed by atoms with Crippen LogP contribution in [0.3, 0.4) is 0 Å². The summed E-state index contributed by atoms with van der Waals surface area (Å²) >= 11 is 0. The molecule has 2 aromatic rings. The first-order valence-electron chi connectivity index (χ1n) is 12.7. The molecule has 1 aromatic carbocycles. The number of hydrogen-bond acceptors (Lipinski definition) is 8. The van der Waals surface area contributed by atoms with E-state index >= 15 is 0 Å². The zero-order chi connectivity index (χ0) is 23.9. The SMILES string of the molecule is CCC(C1CCCN1)N(Cc1ccc(OC)c(F)c1)c1nc(N)nc(NC2CCCCCC2)n1. The molecule has 1 saturated heterocycles. The van der Waals surface area contributed by atoms with Gasteiger partial charge in [-0.05, 0) is 56.3 Å². The fraction of sp³-hybridized carbons (Fsp3) is 0.640. The van der Waals surface area contributed by atoms with Crippen molar-refractivity contribution in [1.29, 1.82) is 0 Å². The fourth-order valence-corrected chi connectivity index (χ4v) is 5.28. The number of halogens is 1. The summed E-state index contributed by atoms with van der Waals surface area (Å²) in [6.07, 6.45) is 10.3. The minimum atomic E-state index is -0.377. The normalized spacial score (nSPS) is 20.0. The van der Waals surface area contributed by atoms with Gasteiger partial charge in [0.15, 0.2) is 11.6 Å². The lowest BCUT2D eigenvalue weighted by Crippen LogP contribution is -2.48. The number of nitrogens with zero attached hydrogens (tertiary/aromatic N) is 4. The van der Waals surface area contributed by atoms with Crippen LogP contribution in [0.1, 0.15) is 70.3 Å². The second-order valence-corrected chi connectivity index (χ2v) is 9.43. The first-order valence-corrected chi connectivity index (χ1v) is 12.7. The Morgan fingerprint density at radius 1 is 1.15 bits per heavy atom. The van der Waals surface area contributed by atoms with Gasteiger partial charge in [0.2, 0.25) is 17.8 Å². The van der Waals surface area contributed by atoms with E-state index in [1.807, 2.05) is 6.07 Å². The van der Waals surface area contributed by atoms with E-state index < -0.39 is 0 Å². The van der Waals surface area contributed by atoms with Gasteiger partial charge < -0.3 is 26.0 Å². The van der Waals surface area contributed by atoms with E-state index in [1.165, 1.54) is 38.9 Å². The third-order valence-corrected chi connectivity index (χ3v) is 7.04. The van der Waals surface area contributed by atoms with Gasteiger partial charge in [0.05, 0.1) is 7.11 Å². The molecule has 0 amide bonds. The Labute approximate surface area is 201 Å². The van der Waals surface area contributed by atoms with Gasteiger partial charge in [-0.15, -0.1) is 0 Å². The number of anilines is 3. The zero-order valence-corrected chi connectivity index (χ0v) is 20.4. The number of ether oxygens (including phenoxy) is 1. The highest BCUT2D eigenvalue weighted by Gasteiger charge is 2.31. The predicted molar refractivity (Wildman–Crippen MR) is 134 cm³/mol. The Morgan fingerprint density at radius 3 is 2.59 bits per heavy atom. The molecule has 186 valence electrons. The maximum Gasteiger partial charge on any atom is 0.232 e. The minimum absolute atomic E-state index is 0.139. The standard InChI is InChI=1S/C25H38FN7O/c1-3-21(20-11-8-14-28-20)33(16-17-12-13-22(34-2)19(26)15-17)25-31-23(27)30-24(32-25)29-18-9-6-4-5-7-10-18/h12-13,15,18,20-21,28H,3-11,14,16H2,1-2H3,(H3,27,29,30,31,32). The van der Waals surface area contributed by atoms with Crippen LogP contribution in [0.25, 0.3) is 0 Å². The molecule has 1 aliphatic heterocycles. The van der Waals surface area contributed by atoms with Crippen molar-refractivity contribution in [3.63, 3.8) is 0 Å². The summed E-state index contributed by atoms with van der Waals surface area (Å²) in [5, 5.41) is 7.13. The first-order chi connectivity index (χ1) is 16.6. The van der Waals surface area contributed by atoms with Crippen molar-refractivity contribution in [3.8, 4) is 5.75 Å². The van der Waals surface area contributed by atoms with Crippen LogP contribution in [0.4, 0.5) is 22.2 Å². The summed E-state index contributed by atoms with van der Waals surface area (Å²) in [6.45, 7) is 3.63. The van der Waals surface area contributed by atoms with Gasteiger partial charge in [-0.25, -0.2) is 4.39 Å². The van der Waals surface area contributed by atoms with Crippen molar-refractivity contribution in [2.75, 3.05) is 29.6 Å². The Kier molecular flexibility index (Phi) is 8.37. The molecule has 2 aliphatic rings. The summed E-state index contributed by atoms with van der Waals surface area (Å²) in [7, 11) is 1.47. The molecule has 4 N–H and O–H groups in total. The van der Waals surface area contributed by atoms with E-state index in [2.05, 4.69) is 32.4 Å². The summed E-state index contributed by atoms with van der Waals surface area (Å²) in [6, 6.07) is 5.87. The maximum atomic E-state index is 14.5. The summed E-state index contributed by atoms with van der Waals surface area (Å²) in [4.78, 5) is 15.9. The van der Waals surface area contributed by atoms with Crippen LogP contribution in [-0.2, 0) is 6.54 Å². The average molecular weight is 472 g/mol. The van der Waals surface area contributed by atoms with Crippen molar-refractivity contribution < 1.29 is 9.13 Å². The number of nitrogen functional groups attached to an aromatic ring is 1. The molecule has 34 heavy (non-hydrogen) atoms. The molecule has 4 rings (SSSR count). The summed E-state index contributed by atoms with van der Waals surface area (Å²) in [5.41, 5.74) is 6.99. The molecular formula is C25H38FN7O. The maximum absolute atomic E-state index is 14.5. The van der Waals surface area contributed by atoms with E-state index in [0.29, 0.717) is 30.5 Å². The van der Waals surface area contributed by atoms with Gasteiger partial charge in [-0.3, -0.25) is 0 Å². The molecule has 0 radical (unpaired) electrons. The predicted octanol–water partition coefficient (Wildman–Crippen LogP) is 4.27. The van der Waals surface area contributed by atoms with Gasteiger partial charge >= 0.3 is 0 Å². The molecule has 1 saturated carbocycles. The zero-order valence-electron chi connectivity index (χ0n) is 20.4. The lowest BCUT2D eigenvalue weighted by atomic mass is 10.0. The van der Waals surface area contributed by atoms with Crippen LogP contribution in [0.2, 0.25) is 0 Å². The molecule has 2 fully saturated rings. The molecule has 2 unspecified atom stereocenters. The Bertz CT molecular complexity index is 929. The van der Waals surface area contributed by atoms with Crippen LogP contribution >= 0.6 is 0 Å². The monoisotopic (exact) mass is 471 g/mol. The molecular weight excluding hydrogens is 433 g/mol. The van der Waals surface area contributed by atoms with E-state index in [-0.39, 0.29) is 23.6 Å². The number of nitrogens with two attached hydrogens (primary N) is 1. The molecule has 2 atom stereocenters. The van der Waals surface area contributed by atoms with Crippen molar-refractivity contribution in [1.82, 2.24) is 20.3 Å². The van der Waals surface area contributed by atoms with E-state index in [4.69, 9.17) is 15.5 Å². The van der Waals surface area contributed by atoms with Crippen LogP contribution in [-0.4, -0.2) is 46.7 Å². The molecule has 0 bridgehead atoms. The molecule has 8 nitrogen and oxygen atoms in total. The molecule has 1 aliphatic carbocycles. The fourth-order valence-electron chi connectivity index (χ4n) is 5.28. The van der Waals surface area contributed by atoms with Crippen LogP contribution < -0.4 is 26.0 Å². The number of nitrogens with one attached hydrogen (secondary N) is 2. The number of hydrogen-bond donors (Lipinski definition) is 3. The lowest BCUT2D eigenvalue weighted by Gasteiger charge is -2.35. The second kappa shape index (κ2) is 11.6. The number of methoxy groups -OCH3 is 1. The quantitative estimate of drug-likeness (QED) is 0.466. The van der Waals surface area contributed by atoms with E-state index in [0.717, 1.165) is 44.2 Å². The second-order valence-electron chi connectivity index (χ2n) is 9.43. The van der Waals surface area contributed by atoms with Crippen molar-refractivity contribution >= 4 is 17.8 Å². The van der Waals surface area contributed by atoms with Gasteiger partial charge in [-0.1, -0.05) is 38.7 Å². The highest BCUT2D eigenvalue weighted by atomic mass is 19.1. The van der Waals surface area contributed by atoms with Gasteiger partial charge in [-0.2, -0.15) is 15.0 Å². The summed E-state index contributed by atoms with van der Waals surface area (Å²) in [5.74, 6) is 1.10. The molecule has 2 heterocycles. The van der Waals surface area contributed by atoms with Crippen LogP contribution in [0, 0.1) is 5.82 Å². The molecule has 1 aromatic heterocycles. The van der Waals surface area contributed by atoms with E-state index in [1.54, 1.807) is 6.07 Å². The number of rotatable bonds is 9. The van der Waals surface area contributed by atoms with Gasteiger partial charge in [0.1, 0.15) is 0 Å². The highest BCUT2D eigenvalue weighted by Crippen LogP contribution is 2.27. The van der Waals surface area contributed by atoms with E-state index in [9.17, 15) is 4.39 Å². The Morgan fingerprint density at radius 2 is 1.94 bits per heavy atom. The third kappa shape index (κ3) is 6.05. The van der Waals surface area contributed by atoms with Crippen molar-refractivity contribution in [2.45, 2.75) is 89.4 Å². The van der Waals surface area contributed by atoms with Crippen molar-refractivity contribution in [2.24, 2.45) is 0 Å². The average Bonchev–Trinajstić information content (AvgIpc) is 3.23. The topological polar surface area (TPSA) is 101 Å². The first kappa shape index (κ1) is 24.4. The summed E-state index contributed by atoms with van der Waals surface area (Å²) < 4.78 is 19.6. The van der Waals surface area contributed by atoms with Crippen LogP contribution in [0.5, 0.6) is 5.75 Å². The molecule has 0 spiro atoms. The molecule has 9 heteroatoms. The minimum Gasteiger partial charge on any atom is -0.494 e.